The fourth-order valence-electron chi connectivity index (χ4n) is 2.46. The minimum Gasteiger partial charge on any atom is -0.488 e. The Labute approximate surface area is 179 Å². The quantitative estimate of drug-likeness (QED) is 0.262. The lowest BCUT2D eigenvalue weighted by molar-refractivity contribution is -0.115. The van der Waals surface area contributed by atoms with Crippen LogP contribution < -0.4 is 25.9 Å². The average molecular weight is 428 g/mol. The number of benzene rings is 2. The molecule has 0 unspecified atom stereocenters. The molecular formula is C22H26N3O6+. The second-order valence-corrected chi connectivity index (χ2v) is 6.42. The Balaban J connectivity index is 2.28. The number of esters is 1. The van der Waals surface area contributed by atoms with Gasteiger partial charge in [-0.15, -0.1) is 0 Å². The number of hydrogen-bond acceptors (Lipinski definition) is 7. The van der Waals surface area contributed by atoms with Crippen LogP contribution >= 0.6 is 0 Å². The number of amides is 1. The van der Waals surface area contributed by atoms with E-state index in [2.05, 4.69) is 5.32 Å². The molecule has 9 nitrogen and oxygen atoms in total. The number of carbonyl (C=O) groups is 2. The Morgan fingerprint density at radius 3 is 2.42 bits per heavy atom. The van der Waals surface area contributed by atoms with Gasteiger partial charge in [-0.1, -0.05) is 0 Å². The highest BCUT2D eigenvalue weighted by molar-refractivity contribution is 6.08. The highest BCUT2D eigenvalue weighted by atomic mass is 16.5. The minimum atomic E-state index is -0.500. The predicted molar refractivity (Wildman–Crippen MR) is 114 cm³/mol. The van der Waals surface area contributed by atoms with Crippen LogP contribution in [0.2, 0.25) is 0 Å². The summed E-state index contributed by atoms with van der Waals surface area (Å²) in [5.41, 5.74) is 5.88. The number of nitrogens with two attached hydrogens (primary N) is 2. The molecule has 2 aromatic rings. The van der Waals surface area contributed by atoms with Crippen LogP contribution in [0.1, 0.15) is 34.6 Å². The fourth-order valence-corrected chi connectivity index (χ4v) is 2.46. The maximum absolute atomic E-state index is 12.5. The summed E-state index contributed by atoms with van der Waals surface area (Å²) < 4.78 is 16.4. The van der Waals surface area contributed by atoms with Gasteiger partial charge < -0.3 is 25.1 Å². The van der Waals surface area contributed by atoms with Crippen LogP contribution in [0, 0.1) is 0 Å². The summed E-state index contributed by atoms with van der Waals surface area (Å²) in [5.74, 6) is 0.204. The maximum Gasteiger partial charge on any atom is 0.339 e. The predicted octanol–water partition coefficient (Wildman–Crippen LogP) is 0.775. The highest BCUT2D eigenvalue weighted by Gasteiger charge is 2.17. The van der Waals surface area contributed by atoms with Crippen molar-refractivity contribution in [1.82, 2.24) is 5.32 Å². The molecule has 9 heteroatoms. The van der Waals surface area contributed by atoms with Gasteiger partial charge in [0.05, 0.1) is 24.3 Å². The third-order valence-electron chi connectivity index (χ3n) is 3.87. The molecule has 0 aromatic heterocycles. The van der Waals surface area contributed by atoms with E-state index in [0.29, 0.717) is 22.8 Å². The third-order valence-corrected chi connectivity index (χ3v) is 3.87. The van der Waals surface area contributed by atoms with Crippen LogP contribution in [-0.4, -0.2) is 42.1 Å². The van der Waals surface area contributed by atoms with Crippen molar-refractivity contribution >= 4 is 17.7 Å². The first-order valence-corrected chi connectivity index (χ1v) is 9.56. The molecule has 0 bridgehead atoms. The van der Waals surface area contributed by atoms with E-state index in [4.69, 9.17) is 25.4 Å². The summed E-state index contributed by atoms with van der Waals surface area (Å²) in [6, 6.07) is 10.9. The van der Waals surface area contributed by atoms with Crippen molar-refractivity contribution in [3.63, 3.8) is 0 Å². The Bertz CT molecular complexity index is 956. The summed E-state index contributed by atoms with van der Waals surface area (Å²) in [7, 11) is 0. The lowest BCUT2D eigenvalue weighted by Gasteiger charge is -2.14. The molecule has 2 aromatic carbocycles. The Kier molecular flexibility index (Phi) is 8.59. The molecule has 0 aliphatic heterocycles. The number of amidine groups is 1. The van der Waals surface area contributed by atoms with Crippen molar-refractivity contribution in [2.45, 2.75) is 20.0 Å². The van der Waals surface area contributed by atoms with Gasteiger partial charge in [-0.05, 0) is 50.2 Å². The third kappa shape index (κ3) is 7.16. The number of ether oxygens (including phenoxy) is 3. The van der Waals surface area contributed by atoms with E-state index < -0.39 is 18.0 Å². The average Bonchev–Trinajstić information content (AvgIpc) is 2.74. The molecule has 0 spiro atoms. The maximum atomic E-state index is 12.5. The van der Waals surface area contributed by atoms with Crippen LogP contribution in [0.4, 0.5) is 0 Å². The second kappa shape index (κ2) is 11.4. The molecule has 1 atom stereocenters. The molecule has 164 valence electrons. The van der Waals surface area contributed by atoms with Gasteiger partial charge in [-0.3, -0.25) is 5.41 Å². The zero-order chi connectivity index (χ0) is 22.8. The van der Waals surface area contributed by atoms with E-state index in [0.717, 1.165) is 0 Å². The van der Waals surface area contributed by atoms with Crippen molar-refractivity contribution in [1.29, 1.82) is 0 Å². The van der Waals surface area contributed by atoms with Crippen LogP contribution in [0.5, 0.6) is 17.2 Å². The van der Waals surface area contributed by atoms with E-state index in [1.807, 2.05) is 0 Å². The summed E-state index contributed by atoms with van der Waals surface area (Å²) in [4.78, 5) is 24.3. The SMILES string of the molecule is CCOC(=O)c1ccc(Oc2cc(O[C@@H](C)CO)cc(C(=O)NC(=[NH2+])/C=C\N)c2)cc1. The van der Waals surface area contributed by atoms with Gasteiger partial charge in [-0.25, -0.2) is 14.9 Å². The first-order chi connectivity index (χ1) is 14.9. The summed E-state index contributed by atoms with van der Waals surface area (Å²) in [6.45, 7) is 3.49. The number of aliphatic hydroxyl groups excluding tert-OH is 1. The summed E-state index contributed by atoms with van der Waals surface area (Å²) >= 11 is 0. The van der Waals surface area contributed by atoms with Crippen LogP contribution in [-0.2, 0) is 4.74 Å². The molecule has 0 saturated carbocycles. The second-order valence-electron chi connectivity index (χ2n) is 6.42. The normalized spacial score (nSPS) is 11.6. The molecule has 0 saturated heterocycles. The summed E-state index contributed by atoms with van der Waals surface area (Å²) in [5, 5.41) is 17.4. The van der Waals surface area contributed by atoms with Crippen molar-refractivity contribution in [2.75, 3.05) is 13.2 Å². The standard InChI is InChI=1S/C22H25N3O6/c1-3-29-22(28)15-4-6-17(7-5-15)31-19-11-16(21(27)25-20(24)8-9-23)10-18(12-19)30-14(2)13-26/h4-12,14,26H,3,13,23H2,1-2H3,(H2,24,25,27)/p+1/b9-8-/t14-/m0/s1. The molecule has 31 heavy (non-hydrogen) atoms. The van der Waals surface area contributed by atoms with E-state index in [9.17, 15) is 14.7 Å². The van der Waals surface area contributed by atoms with Crippen LogP contribution in [0.3, 0.4) is 0 Å². The largest absolute Gasteiger partial charge is 0.488 e. The zero-order valence-electron chi connectivity index (χ0n) is 17.3. The van der Waals surface area contributed by atoms with Gasteiger partial charge in [0.1, 0.15) is 23.4 Å². The topological polar surface area (TPSA) is 146 Å². The van der Waals surface area contributed by atoms with Crippen molar-refractivity contribution in [2.24, 2.45) is 5.73 Å². The van der Waals surface area contributed by atoms with Crippen LogP contribution in [0.15, 0.2) is 54.7 Å². The van der Waals surface area contributed by atoms with Gasteiger partial charge in [0.15, 0.2) is 0 Å². The van der Waals surface area contributed by atoms with Gasteiger partial charge in [-0.2, -0.15) is 0 Å². The highest BCUT2D eigenvalue weighted by Crippen LogP contribution is 2.28. The minimum absolute atomic E-state index is 0.0690. The summed E-state index contributed by atoms with van der Waals surface area (Å²) in [6.07, 6.45) is 2.05. The van der Waals surface area contributed by atoms with Crippen molar-refractivity contribution < 1.29 is 34.3 Å². The van der Waals surface area contributed by atoms with E-state index in [1.54, 1.807) is 44.2 Å². The fraction of sp³-hybridized carbons (Fsp3) is 0.227. The van der Waals surface area contributed by atoms with Gasteiger partial charge in [0, 0.05) is 18.3 Å². The van der Waals surface area contributed by atoms with E-state index in [-0.39, 0.29) is 24.6 Å². The molecule has 0 fully saturated rings. The molecule has 0 heterocycles. The van der Waals surface area contributed by atoms with Crippen molar-refractivity contribution in [3.05, 3.63) is 65.9 Å². The Morgan fingerprint density at radius 2 is 1.81 bits per heavy atom. The molecule has 1 amide bonds. The lowest BCUT2D eigenvalue weighted by Crippen LogP contribution is -2.49. The molecule has 0 aliphatic carbocycles. The molecule has 0 aliphatic rings. The number of nitrogens with one attached hydrogen (secondary N) is 1. The molecule has 0 radical (unpaired) electrons. The number of aliphatic hydroxyl groups is 1. The molecule has 2 rings (SSSR count). The van der Waals surface area contributed by atoms with E-state index >= 15 is 0 Å². The van der Waals surface area contributed by atoms with Gasteiger partial charge in [0.2, 0.25) is 0 Å². The Morgan fingerprint density at radius 1 is 1.13 bits per heavy atom. The van der Waals surface area contributed by atoms with E-state index in [1.165, 1.54) is 24.4 Å². The Hall–Kier alpha value is -3.85. The molecule has 6 N–H and O–H groups in total. The first-order valence-electron chi connectivity index (χ1n) is 9.56. The zero-order valence-corrected chi connectivity index (χ0v) is 17.3. The van der Waals surface area contributed by atoms with Crippen molar-refractivity contribution in [3.8, 4) is 17.2 Å². The monoisotopic (exact) mass is 428 g/mol. The smallest absolute Gasteiger partial charge is 0.339 e. The van der Waals surface area contributed by atoms with Crippen LogP contribution in [0.25, 0.3) is 0 Å². The van der Waals surface area contributed by atoms with Gasteiger partial charge >= 0.3 is 11.9 Å². The lowest BCUT2D eigenvalue weighted by atomic mass is 10.1. The number of rotatable bonds is 9. The number of hydrogen-bond donors (Lipinski definition) is 4. The molecular weight excluding hydrogens is 402 g/mol. The first kappa shape index (κ1) is 23.4. The van der Waals surface area contributed by atoms with Gasteiger partial charge in [0.25, 0.3) is 5.84 Å². The number of carbonyl (C=O) groups excluding carboxylic acids is 2.